The van der Waals surface area contributed by atoms with Crippen LogP contribution in [0.1, 0.15) is 52.4 Å². The van der Waals surface area contributed by atoms with E-state index in [2.05, 4.69) is 24.1 Å². The second-order valence-electron chi connectivity index (χ2n) is 6.27. The Morgan fingerprint density at radius 2 is 1.88 bits per heavy atom. The molecular weight excluding hydrogens is 208 g/mol. The molecule has 0 spiro atoms. The lowest BCUT2D eigenvalue weighted by Gasteiger charge is -2.34. The van der Waals surface area contributed by atoms with Crippen LogP contribution in [-0.2, 0) is 0 Å². The fraction of sp³-hybridized carbons (Fsp3) is 1.00. The van der Waals surface area contributed by atoms with E-state index in [1.807, 2.05) is 0 Å². The average Bonchev–Trinajstić information content (AvgIpc) is 2.85. The first kappa shape index (κ1) is 13.4. The monoisotopic (exact) mass is 238 g/mol. The van der Waals surface area contributed by atoms with Crippen molar-refractivity contribution in [2.24, 2.45) is 11.8 Å². The second-order valence-corrected chi connectivity index (χ2v) is 6.27. The highest BCUT2D eigenvalue weighted by Crippen LogP contribution is 2.29. The maximum atomic E-state index is 3.51. The minimum absolute atomic E-state index is 0.828. The normalized spacial score (nSPS) is 34.4. The highest BCUT2D eigenvalue weighted by molar-refractivity contribution is 4.83. The van der Waals surface area contributed by atoms with Crippen molar-refractivity contribution in [3.63, 3.8) is 0 Å². The van der Waals surface area contributed by atoms with Gasteiger partial charge in [0.1, 0.15) is 0 Å². The zero-order valence-electron chi connectivity index (χ0n) is 11.8. The van der Waals surface area contributed by atoms with E-state index in [1.165, 1.54) is 64.7 Å². The summed E-state index contributed by atoms with van der Waals surface area (Å²) in [5.74, 6) is 1.97. The Bertz CT molecular complexity index is 203. The molecule has 1 saturated carbocycles. The lowest BCUT2D eigenvalue weighted by Crippen LogP contribution is -2.41. The van der Waals surface area contributed by atoms with Gasteiger partial charge in [-0.1, -0.05) is 26.7 Å². The summed E-state index contributed by atoms with van der Waals surface area (Å²) < 4.78 is 0. The topological polar surface area (TPSA) is 15.3 Å². The number of nitrogens with one attached hydrogen (secondary N) is 1. The molecule has 1 aliphatic heterocycles. The molecule has 2 rings (SSSR count). The van der Waals surface area contributed by atoms with Gasteiger partial charge in [-0.25, -0.2) is 0 Å². The highest BCUT2D eigenvalue weighted by Gasteiger charge is 2.26. The molecule has 2 aliphatic rings. The van der Waals surface area contributed by atoms with E-state index in [1.54, 1.807) is 0 Å². The van der Waals surface area contributed by atoms with E-state index in [0.717, 1.165) is 17.9 Å². The maximum Gasteiger partial charge on any atom is 0.0232 e. The predicted octanol–water partition coefficient (Wildman–Crippen LogP) is 2.89. The van der Waals surface area contributed by atoms with E-state index in [9.17, 15) is 0 Å². The van der Waals surface area contributed by atoms with Crippen LogP contribution in [-0.4, -0.2) is 37.1 Å². The van der Waals surface area contributed by atoms with Gasteiger partial charge in [0.05, 0.1) is 0 Å². The SMILES string of the molecule is CCCN(CC1CCC(C)CC1)C1CCNC1. The fourth-order valence-electron chi connectivity index (χ4n) is 3.50. The summed E-state index contributed by atoms with van der Waals surface area (Å²) in [4.78, 5) is 2.78. The van der Waals surface area contributed by atoms with Gasteiger partial charge in [-0.2, -0.15) is 0 Å². The molecule has 2 heteroatoms. The third-order valence-electron chi connectivity index (χ3n) is 4.69. The van der Waals surface area contributed by atoms with Gasteiger partial charge in [-0.05, 0) is 50.6 Å². The smallest absolute Gasteiger partial charge is 0.0232 e. The number of rotatable bonds is 5. The van der Waals surface area contributed by atoms with E-state index in [0.29, 0.717) is 0 Å². The van der Waals surface area contributed by atoms with Crippen molar-refractivity contribution in [2.45, 2.75) is 58.4 Å². The molecule has 2 nitrogen and oxygen atoms in total. The lowest BCUT2D eigenvalue weighted by atomic mass is 9.82. The van der Waals surface area contributed by atoms with Crippen molar-refractivity contribution in [3.05, 3.63) is 0 Å². The highest BCUT2D eigenvalue weighted by atomic mass is 15.2. The van der Waals surface area contributed by atoms with Crippen LogP contribution in [0.15, 0.2) is 0 Å². The second kappa shape index (κ2) is 6.75. The first-order valence-corrected chi connectivity index (χ1v) is 7.74. The number of hydrogen-bond donors (Lipinski definition) is 1. The molecule has 17 heavy (non-hydrogen) atoms. The van der Waals surface area contributed by atoms with Crippen molar-refractivity contribution in [1.29, 1.82) is 0 Å². The summed E-state index contributed by atoms with van der Waals surface area (Å²) in [6.45, 7) is 9.86. The zero-order valence-corrected chi connectivity index (χ0v) is 11.8. The summed E-state index contributed by atoms with van der Waals surface area (Å²) in [6.07, 6.45) is 8.55. The molecule has 0 amide bonds. The molecule has 1 unspecified atom stereocenters. The van der Waals surface area contributed by atoms with Crippen LogP contribution in [0.4, 0.5) is 0 Å². The molecule has 0 bridgehead atoms. The zero-order chi connectivity index (χ0) is 12.1. The van der Waals surface area contributed by atoms with Crippen molar-refractivity contribution in [1.82, 2.24) is 10.2 Å². The van der Waals surface area contributed by atoms with E-state index in [4.69, 9.17) is 0 Å². The molecule has 2 fully saturated rings. The van der Waals surface area contributed by atoms with Crippen molar-refractivity contribution in [2.75, 3.05) is 26.2 Å². The van der Waals surface area contributed by atoms with Crippen LogP contribution in [0.5, 0.6) is 0 Å². The van der Waals surface area contributed by atoms with Gasteiger partial charge in [0, 0.05) is 19.1 Å². The lowest BCUT2D eigenvalue weighted by molar-refractivity contribution is 0.147. The van der Waals surface area contributed by atoms with Crippen LogP contribution in [0.25, 0.3) is 0 Å². The molecule has 1 saturated heterocycles. The Balaban J connectivity index is 1.79. The molecule has 1 heterocycles. The summed E-state index contributed by atoms with van der Waals surface area (Å²) in [5.41, 5.74) is 0. The molecule has 0 aromatic heterocycles. The van der Waals surface area contributed by atoms with Crippen molar-refractivity contribution < 1.29 is 0 Å². The van der Waals surface area contributed by atoms with Crippen LogP contribution in [0.3, 0.4) is 0 Å². The average molecular weight is 238 g/mol. The van der Waals surface area contributed by atoms with Crippen LogP contribution >= 0.6 is 0 Å². The van der Waals surface area contributed by atoms with E-state index in [-0.39, 0.29) is 0 Å². The Labute approximate surface area is 107 Å². The Morgan fingerprint density at radius 1 is 1.12 bits per heavy atom. The van der Waals surface area contributed by atoms with Gasteiger partial charge < -0.3 is 5.32 Å². The van der Waals surface area contributed by atoms with Crippen molar-refractivity contribution in [3.8, 4) is 0 Å². The minimum atomic E-state index is 0.828. The van der Waals surface area contributed by atoms with E-state index < -0.39 is 0 Å². The standard InChI is InChI=1S/C15H30N2/c1-3-10-17(15-8-9-16-11-15)12-14-6-4-13(2)5-7-14/h13-16H,3-12H2,1-2H3. The van der Waals surface area contributed by atoms with E-state index >= 15 is 0 Å². The quantitative estimate of drug-likeness (QED) is 0.792. The van der Waals surface area contributed by atoms with Crippen LogP contribution in [0, 0.1) is 11.8 Å². The fourth-order valence-corrected chi connectivity index (χ4v) is 3.50. The van der Waals surface area contributed by atoms with Crippen molar-refractivity contribution >= 4 is 0 Å². The summed E-state index contributed by atoms with van der Waals surface area (Å²) in [5, 5.41) is 3.51. The molecule has 1 N–H and O–H groups in total. The van der Waals surface area contributed by atoms with Gasteiger partial charge >= 0.3 is 0 Å². The first-order chi connectivity index (χ1) is 8.29. The van der Waals surface area contributed by atoms with Gasteiger partial charge in [-0.15, -0.1) is 0 Å². The van der Waals surface area contributed by atoms with Crippen LogP contribution < -0.4 is 5.32 Å². The van der Waals surface area contributed by atoms with Gasteiger partial charge in [0.25, 0.3) is 0 Å². The van der Waals surface area contributed by atoms with Crippen LogP contribution in [0.2, 0.25) is 0 Å². The van der Waals surface area contributed by atoms with Gasteiger partial charge in [0.2, 0.25) is 0 Å². The number of nitrogens with zero attached hydrogens (tertiary/aromatic N) is 1. The minimum Gasteiger partial charge on any atom is -0.315 e. The molecular formula is C15H30N2. The summed E-state index contributed by atoms with van der Waals surface area (Å²) in [6, 6.07) is 0.828. The summed E-state index contributed by atoms with van der Waals surface area (Å²) in [7, 11) is 0. The Morgan fingerprint density at radius 3 is 2.47 bits per heavy atom. The molecule has 0 aromatic rings. The third kappa shape index (κ3) is 3.96. The largest absolute Gasteiger partial charge is 0.315 e. The summed E-state index contributed by atoms with van der Waals surface area (Å²) >= 11 is 0. The Kier molecular flexibility index (Phi) is 5.30. The molecule has 100 valence electrons. The predicted molar refractivity (Wildman–Crippen MR) is 74.3 cm³/mol. The molecule has 1 atom stereocenters. The Hall–Kier alpha value is -0.0800. The van der Waals surface area contributed by atoms with Gasteiger partial charge in [0.15, 0.2) is 0 Å². The molecule has 0 radical (unpaired) electrons. The third-order valence-corrected chi connectivity index (χ3v) is 4.69. The maximum absolute atomic E-state index is 3.51. The molecule has 0 aromatic carbocycles. The first-order valence-electron chi connectivity index (χ1n) is 7.74. The molecule has 1 aliphatic carbocycles. The van der Waals surface area contributed by atoms with Gasteiger partial charge in [-0.3, -0.25) is 4.90 Å². The number of hydrogen-bond acceptors (Lipinski definition) is 2.